The fourth-order valence-corrected chi connectivity index (χ4v) is 1.10. The molecule has 108 valence electrons. The third-order valence-corrected chi connectivity index (χ3v) is 1.91. The van der Waals surface area contributed by atoms with Crippen LogP contribution in [0.5, 0.6) is 0 Å². The van der Waals surface area contributed by atoms with Crippen molar-refractivity contribution in [2.45, 2.75) is 59.0 Å². The zero-order valence-electron chi connectivity index (χ0n) is 12.0. The van der Waals surface area contributed by atoms with E-state index in [1.165, 1.54) is 0 Å². The number of carbonyl (C=O) groups excluding carboxylic acids is 1. The Morgan fingerprint density at radius 1 is 0.944 bits per heavy atom. The summed E-state index contributed by atoms with van der Waals surface area (Å²) in [4.78, 5) is 21.0. The maximum Gasteiger partial charge on any atom is 0.508 e. The van der Waals surface area contributed by atoms with Crippen LogP contribution in [0, 0.1) is 0 Å². The van der Waals surface area contributed by atoms with Crippen LogP contribution in [0.15, 0.2) is 0 Å². The van der Waals surface area contributed by atoms with Crippen molar-refractivity contribution in [2.75, 3.05) is 19.8 Å². The number of carbonyl (C=O) groups is 1. The minimum atomic E-state index is -0.647. The summed E-state index contributed by atoms with van der Waals surface area (Å²) in [6, 6.07) is 0. The molecule has 5 nitrogen and oxygen atoms in total. The molecule has 0 bridgehead atoms. The maximum atomic E-state index is 11.1. The highest BCUT2D eigenvalue weighted by Crippen LogP contribution is 2.06. The molecule has 0 heterocycles. The average molecular weight is 262 g/mol. The first-order chi connectivity index (χ1) is 8.45. The Bertz CT molecular complexity index is 210. The van der Waals surface area contributed by atoms with E-state index in [1.807, 2.05) is 20.8 Å². The fourth-order valence-electron chi connectivity index (χ4n) is 1.10. The molecule has 0 amide bonds. The van der Waals surface area contributed by atoms with Gasteiger partial charge in [-0.15, -0.1) is 0 Å². The van der Waals surface area contributed by atoms with Crippen molar-refractivity contribution in [3.63, 3.8) is 0 Å². The van der Waals surface area contributed by atoms with Crippen molar-refractivity contribution < 1.29 is 24.0 Å². The van der Waals surface area contributed by atoms with Crippen molar-refractivity contribution in [1.29, 1.82) is 0 Å². The fraction of sp³-hybridized carbons (Fsp3) is 0.923. The van der Waals surface area contributed by atoms with Crippen LogP contribution in [0.25, 0.3) is 0 Å². The molecule has 0 spiro atoms. The van der Waals surface area contributed by atoms with Gasteiger partial charge in [0.05, 0.1) is 12.2 Å². The minimum Gasteiger partial charge on any atom is -0.434 e. The summed E-state index contributed by atoms with van der Waals surface area (Å²) in [6.45, 7) is 8.49. The van der Waals surface area contributed by atoms with Gasteiger partial charge in [-0.05, 0) is 27.2 Å². The van der Waals surface area contributed by atoms with Gasteiger partial charge in [-0.25, -0.2) is 14.6 Å². The molecule has 0 aromatic heterocycles. The van der Waals surface area contributed by atoms with Gasteiger partial charge in [-0.3, -0.25) is 0 Å². The Morgan fingerprint density at radius 3 is 2.22 bits per heavy atom. The molecule has 0 rings (SSSR count). The summed E-state index contributed by atoms with van der Waals surface area (Å²) >= 11 is 0. The Kier molecular flexibility index (Phi) is 9.69. The third kappa shape index (κ3) is 13.3. The van der Waals surface area contributed by atoms with Crippen LogP contribution in [0.3, 0.4) is 0 Å². The zero-order chi connectivity index (χ0) is 13.9. The molecule has 0 atom stereocenters. The topological polar surface area (TPSA) is 54.0 Å². The molecule has 0 N–H and O–H groups in total. The van der Waals surface area contributed by atoms with Crippen molar-refractivity contribution in [1.82, 2.24) is 0 Å². The molecule has 0 saturated heterocycles. The van der Waals surface area contributed by atoms with Gasteiger partial charge in [0, 0.05) is 0 Å². The Labute approximate surface area is 110 Å². The number of unbranched alkanes of at least 4 members (excludes halogenated alkanes) is 3. The molecule has 5 heteroatoms. The van der Waals surface area contributed by atoms with E-state index in [0.29, 0.717) is 6.61 Å². The largest absolute Gasteiger partial charge is 0.508 e. The smallest absolute Gasteiger partial charge is 0.434 e. The SMILES string of the molecule is CCCCCCOC(=O)OCCOOC(C)(C)C. The van der Waals surface area contributed by atoms with Gasteiger partial charge in [0.15, 0.2) is 0 Å². The van der Waals surface area contributed by atoms with Crippen molar-refractivity contribution in [2.24, 2.45) is 0 Å². The summed E-state index contributed by atoms with van der Waals surface area (Å²) in [5.74, 6) is 0. The summed E-state index contributed by atoms with van der Waals surface area (Å²) in [5, 5.41) is 0. The molecule has 0 aliphatic heterocycles. The van der Waals surface area contributed by atoms with Gasteiger partial charge in [0.2, 0.25) is 0 Å². The van der Waals surface area contributed by atoms with Gasteiger partial charge in [-0.1, -0.05) is 26.2 Å². The molecule has 0 aliphatic rings. The second-order valence-electron chi connectivity index (χ2n) is 5.03. The molecular formula is C13H26O5. The molecule has 0 aromatic carbocycles. The van der Waals surface area contributed by atoms with Gasteiger partial charge >= 0.3 is 6.16 Å². The Morgan fingerprint density at radius 2 is 1.61 bits per heavy atom. The average Bonchev–Trinajstić information content (AvgIpc) is 2.27. The summed E-state index contributed by atoms with van der Waals surface area (Å²) in [6.07, 6.45) is 3.64. The quantitative estimate of drug-likeness (QED) is 0.275. The van der Waals surface area contributed by atoms with E-state index in [-0.39, 0.29) is 18.8 Å². The van der Waals surface area contributed by atoms with E-state index in [0.717, 1.165) is 25.7 Å². The Balaban J connectivity index is 3.27. The van der Waals surface area contributed by atoms with Crippen LogP contribution in [-0.2, 0) is 19.2 Å². The van der Waals surface area contributed by atoms with Gasteiger partial charge in [0.25, 0.3) is 0 Å². The summed E-state index contributed by atoms with van der Waals surface area (Å²) in [7, 11) is 0. The standard InChI is InChI=1S/C13H26O5/c1-5-6-7-8-9-15-12(14)16-10-11-17-18-13(2,3)4/h5-11H2,1-4H3. The molecule has 0 fully saturated rings. The van der Waals surface area contributed by atoms with E-state index in [9.17, 15) is 4.79 Å². The van der Waals surface area contributed by atoms with Crippen LogP contribution in [0.1, 0.15) is 53.4 Å². The lowest BCUT2D eigenvalue weighted by Gasteiger charge is -2.17. The molecule has 0 aromatic rings. The van der Waals surface area contributed by atoms with Gasteiger partial charge in [-0.2, -0.15) is 0 Å². The minimum absolute atomic E-state index is 0.129. The zero-order valence-corrected chi connectivity index (χ0v) is 12.0. The first kappa shape index (κ1) is 17.2. The van der Waals surface area contributed by atoms with E-state index >= 15 is 0 Å². The Hall–Kier alpha value is -0.810. The van der Waals surface area contributed by atoms with E-state index in [1.54, 1.807) is 0 Å². The van der Waals surface area contributed by atoms with Crippen molar-refractivity contribution >= 4 is 6.16 Å². The van der Waals surface area contributed by atoms with Crippen molar-refractivity contribution in [3.8, 4) is 0 Å². The predicted molar refractivity (Wildman–Crippen MR) is 68.2 cm³/mol. The first-order valence-electron chi connectivity index (χ1n) is 6.56. The van der Waals surface area contributed by atoms with Crippen molar-refractivity contribution in [3.05, 3.63) is 0 Å². The normalized spacial score (nSPS) is 11.3. The number of hydrogen-bond acceptors (Lipinski definition) is 5. The lowest BCUT2D eigenvalue weighted by molar-refractivity contribution is -0.350. The van der Waals surface area contributed by atoms with Gasteiger partial charge in [0.1, 0.15) is 13.2 Å². The maximum absolute atomic E-state index is 11.1. The first-order valence-corrected chi connectivity index (χ1v) is 6.56. The van der Waals surface area contributed by atoms with E-state index in [4.69, 9.17) is 19.2 Å². The van der Waals surface area contributed by atoms with Crippen LogP contribution in [0.2, 0.25) is 0 Å². The highest BCUT2D eigenvalue weighted by atomic mass is 17.2. The van der Waals surface area contributed by atoms with Crippen LogP contribution >= 0.6 is 0 Å². The van der Waals surface area contributed by atoms with Crippen LogP contribution in [-0.4, -0.2) is 31.6 Å². The number of ether oxygens (including phenoxy) is 2. The van der Waals surface area contributed by atoms with Gasteiger partial charge < -0.3 is 9.47 Å². The summed E-state index contributed by atoms with van der Waals surface area (Å²) in [5.41, 5.74) is -0.361. The molecule has 18 heavy (non-hydrogen) atoms. The molecule has 0 aliphatic carbocycles. The van der Waals surface area contributed by atoms with Crippen LogP contribution in [0.4, 0.5) is 4.79 Å². The highest BCUT2D eigenvalue weighted by molar-refractivity contribution is 5.59. The number of rotatable bonds is 9. The van der Waals surface area contributed by atoms with E-state index in [2.05, 4.69) is 6.92 Å². The predicted octanol–water partition coefficient (Wildman–Crippen LogP) is 3.47. The monoisotopic (exact) mass is 262 g/mol. The molecular weight excluding hydrogens is 236 g/mol. The second-order valence-corrected chi connectivity index (χ2v) is 5.03. The molecule has 0 saturated carbocycles. The number of hydrogen-bond donors (Lipinski definition) is 0. The second kappa shape index (κ2) is 10.1. The van der Waals surface area contributed by atoms with E-state index < -0.39 is 6.16 Å². The lowest BCUT2D eigenvalue weighted by Crippen LogP contribution is -2.21. The molecule has 0 unspecified atom stereocenters. The summed E-state index contributed by atoms with van der Waals surface area (Å²) < 4.78 is 9.68. The van der Waals surface area contributed by atoms with Crippen LogP contribution < -0.4 is 0 Å². The molecule has 0 radical (unpaired) electrons. The third-order valence-electron chi connectivity index (χ3n) is 1.91. The highest BCUT2D eigenvalue weighted by Gasteiger charge is 2.11. The lowest BCUT2D eigenvalue weighted by atomic mass is 10.2.